The average Bonchev–Trinajstić information content (AvgIpc) is 2.15. The van der Waals surface area contributed by atoms with Gasteiger partial charge in [-0.15, -0.1) is 5.92 Å². The number of rotatable bonds is 4. The first-order chi connectivity index (χ1) is 6.77. The van der Waals surface area contributed by atoms with E-state index in [1.165, 1.54) is 12.8 Å². The lowest BCUT2D eigenvalue weighted by Crippen LogP contribution is -1.79. The molecule has 0 aromatic rings. The number of halogens is 1. The zero-order chi connectivity index (χ0) is 10.6. The van der Waals surface area contributed by atoms with Gasteiger partial charge >= 0.3 is 0 Å². The Morgan fingerprint density at radius 1 is 1.14 bits per heavy atom. The Balaban J connectivity index is 3.40. The second-order valence-electron chi connectivity index (χ2n) is 2.87. The molecule has 0 unspecified atom stereocenters. The maximum Gasteiger partial charge on any atom is 0.233 e. The molecular weight excluding hydrogens is 196 g/mol. The van der Waals surface area contributed by atoms with E-state index in [1.807, 2.05) is 0 Å². The van der Waals surface area contributed by atoms with Gasteiger partial charge in [-0.05, 0) is 18.0 Å². The quantitative estimate of drug-likeness (QED) is 0.396. The largest absolute Gasteiger partial charge is 0.280 e. The van der Waals surface area contributed by atoms with Gasteiger partial charge in [0.15, 0.2) is 0 Å². The number of hydrogen-bond donors (Lipinski definition) is 0. The first-order valence-electron chi connectivity index (χ1n) is 4.87. The Bertz CT molecular complexity index is 272. The zero-order valence-electron chi connectivity index (χ0n) is 8.53. The van der Waals surface area contributed by atoms with Gasteiger partial charge in [-0.3, -0.25) is 4.79 Å². The first kappa shape index (κ1) is 13.1. The van der Waals surface area contributed by atoms with Crippen molar-refractivity contribution in [1.82, 2.24) is 0 Å². The maximum atomic E-state index is 10.3. The van der Waals surface area contributed by atoms with Gasteiger partial charge in [-0.1, -0.05) is 37.5 Å². The van der Waals surface area contributed by atoms with Crippen LogP contribution in [0.25, 0.3) is 0 Å². The number of hydrogen-bond acceptors (Lipinski definition) is 1. The van der Waals surface area contributed by atoms with Crippen LogP contribution in [0.2, 0.25) is 0 Å². The molecule has 0 spiro atoms. The molecule has 0 saturated carbocycles. The summed E-state index contributed by atoms with van der Waals surface area (Å²) in [6.07, 6.45) is 5.23. The third-order valence-electron chi connectivity index (χ3n) is 1.56. The van der Waals surface area contributed by atoms with Gasteiger partial charge in [0.1, 0.15) is 0 Å². The van der Waals surface area contributed by atoms with E-state index in [2.05, 4.69) is 30.6 Å². The monoisotopic (exact) mass is 210 g/mol. The second-order valence-corrected chi connectivity index (χ2v) is 3.29. The predicted octanol–water partition coefficient (Wildman–Crippen LogP) is 3.12. The SMILES string of the molecule is CCCCCC#CCC#CCC(=O)Cl. The number of unbranched alkanes of at least 4 members (excludes halogenated alkanes) is 3. The zero-order valence-corrected chi connectivity index (χ0v) is 9.28. The van der Waals surface area contributed by atoms with Gasteiger partial charge < -0.3 is 0 Å². The van der Waals surface area contributed by atoms with Crippen LogP contribution in [0.3, 0.4) is 0 Å². The highest BCUT2D eigenvalue weighted by atomic mass is 35.5. The van der Waals surface area contributed by atoms with Gasteiger partial charge in [0, 0.05) is 6.42 Å². The summed E-state index contributed by atoms with van der Waals surface area (Å²) in [5, 5.41) is -0.409. The van der Waals surface area contributed by atoms with E-state index in [-0.39, 0.29) is 6.42 Å². The molecule has 0 fully saturated rings. The van der Waals surface area contributed by atoms with Crippen molar-refractivity contribution in [3.8, 4) is 23.7 Å². The van der Waals surface area contributed by atoms with E-state index < -0.39 is 5.24 Å². The number of carbonyl (C=O) groups is 1. The summed E-state index contributed by atoms with van der Waals surface area (Å²) >= 11 is 5.10. The normalized spacial score (nSPS) is 8.14. The predicted molar refractivity (Wildman–Crippen MR) is 59.8 cm³/mol. The van der Waals surface area contributed by atoms with Crippen LogP contribution in [0.5, 0.6) is 0 Å². The molecule has 1 nitrogen and oxygen atoms in total. The standard InChI is InChI=1S/C12H15ClO/c1-2-3-4-5-6-7-8-9-10-11-12(13)14/h2-5,8,11H2,1H3. The van der Waals surface area contributed by atoms with E-state index in [4.69, 9.17) is 11.6 Å². The first-order valence-corrected chi connectivity index (χ1v) is 5.25. The molecule has 0 aromatic heterocycles. The van der Waals surface area contributed by atoms with Crippen LogP contribution in [0.15, 0.2) is 0 Å². The van der Waals surface area contributed by atoms with Crippen LogP contribution in [-0.2, 0) is 4.79 Å². The van der Waals surface area contributed by atoms with Crippen LogP contribution in [0.4, 0.5) is 0 Å². The van der Waals surface area contributed by atoms with Gasteiger partial charge in [-0.2, -0.15) is 0 Å². The molecule has 0 bridgehead atoms. The van der Waals surface area contributed by atoms with Crippen LogP contribution in [0, 0.1) is 23.7 Å². The van der Waals surface area contributed by atoms with Gasteiger partial charge in [0.25, 0.3) is 0 Å². The molecule has 0 aliphatic rings. The van der Waals surface area contributed by atoms with Gasteiger partial charge in [0.05, 0.1) is 12.8 Å². The molecule has 0 aromatic carbocycles. The second kappa shape index (κ2) is 10.2. The minimum atomic E-state index is -0.409. The minimum absolute atomic E-state index is 0.124. The fourth-order valence-corrected chi connectivity index (χ4v) is 0.920. The Morgan fingerprint density at radius 3 is 2.50 bits per heavy atom. The van der Waals surface area contributed by atoms with Crippen molar-refractivity contribution in [2.75, 3.05) is 0 Å². The summed E-state index contributed by atoms with van der Waals surface area (Å²) in [4.78, 5) is 10.3. The lowest BCUT2D eigenvalue weighted by Gasteiger charge is -1.87. The van der Waals surface area contributed by atoms with E-state index in [0.29, 0.717) is 6.42 Å². The van der Waals surface area contributed by atoms with Crippen molar-refractivity contribution < 1.29 is 4.79 Å². The molecular formula is C12H15ClO. The van der Waals surface area contributed by atoms with Crippen LogP contribution < -0.4 is 0 Å². The maximum absolute atomic E-state index is 10.3. The smallest absolute Gasteiger partial charge is 0.233 e. The highest BCUT2D eigenvalue weighted by Gasteiger charge is 1.86. The molecule has 0 radical (unpaired) electrons. The van der Waals surface area contributed by atoms with E-state index in [1.54, 1.807) is 0 Å². The topological polar surface area (TPSA) is 17.1 Å². The third-order valence-corrected chi connectivity index (χ3v) is 1.69. The molecule has 0 amide bonds. The highest BCUT2D eigenvalue weighted by molar-refractivity contribution is 6.63. The van der Waals surface area contributed by atoms with Crippen molar-refractivity contribution in [3.63, 3.8) is 0 Å². The summed E-state index contributed by atoms with van der Waals surface area (Å²) < 4.78 is 0. The molecule has 76 valence electrons. The minimum Gasteiger partial charge on any atom is -0.280 e. The highest BCUT2D eigenvalue weighted by Crippen LogP contribution is 1.96. The summed E-state index contributed by atoms with van der Waals surface area (Å²) in [7, 11) is 0. The molecule has 0 saturated heterocycles. The van der Waals surface area contributed by atoms with Crippen molar-refractivity contribution in [2.24, 2.45) is 0 Å². The molecule has 0 N–H and O–H groups in total. The Labute approximate surface area is 91.2 Å². The van der Waals surface area contributed by atoms with Crippen LogP contribution in [-0.4, -0.2) is 5.24 Å². The fraction of sp³-hybridized carbons (Fsp3) is 0.583. The van der Waals surface area contributed by atoms with Crippen LogP contribution >= 0.6 is 11.6 Å². The molecule has 14 heavy (non-hydrogen) atoms. The Kier molecular flexibility index (Phi) is 9.49. The van der Waals surface area contributed by atoms with Crippen molar-refractivity contribution >= 4 is 16.8 Å². The van der Waals surface area contributed by atoms with Gasteiger partial charge in [0.2, 0.25) is 5.24 Å². The fourth-order valence-electron chi connectivity index (χ4n) is 0.853. The third kappa shape index (κ3) is 11.1. The van der Waals surface area contributed by atoms with E-state index in [0.717, 1.165) is 12.8 Å². The lowest BCUT2D eigenvalue weighted by atomic mass is 10.2. The summed E-state index contributed by atoms with van der Waals surface area (Å²) in [6, 6.07) is 0. The van der Waals surface area contributed by atoms with E-state index >= 15 is 0 Å². The summed E-state index contributed by atoms with van der Waals surface area (Å²) in [5.41, 5.74) is 0. The summed E-state index contributed by atoms with van der Waals surface area (Å²) in [5.74, 6) is 11.4. The Morgan fingerprint density at radius 2 is 1.86 bits per heavy atom. The van der Waals surface area contributed by atoms with Gasteiger partial charge in [-0.25, -0.2) is 0 Å². The molecule has 0 atom stereocenters. The van der Waals surface area contributed by atoms with E-state index in [9.17, 15) is 4.79 Å². The molecule has 0 aliphatic heterocycles. The van der Waals surface area contributed by atoms with Crippen molar-refractivity contribution in [1.29, 1.82) is 0 Å². The molecule has 0 aliphatic carbocycles. The number of carbonyl (C=O) groups excluding carboxylic acids is 1. The van der Waals surface area contributed by atoms with Crippen LogP contribution in [0.1, 0.15) is 45.4 Å². The van der Waals surface area contributed by atoms with Crippen molar-refractivity contribution in [3.05, 3.63) is 0 Å². The summed E-state index contributed by atoms with van der Waals surface area (Å²) in [6.45, 7) is 2.17. The lowest BCUT2D eigenvalue weighted by molar-refractivity contribution is -0.110. The molecule has 0 heterocycles. The van der Waals surface area contributed by atoms with Crippen molar-refractivity contribution in [2.45, 2.75) is 45.4 Å². The molecule has 0 rings (SSSR count). The molecule has 2 heteroatoms. The Hall–Kier alpha value is -0.920. The average molecular weight is 211 g/mol.